The molecule has 0 aromatic heterocycles. The molecule has 134 valence electrons. The molecule has 2 aromatic carbocycles. The predicted molar refractivity (Wildman–Crippen MR) is 97.5 cm³/mol. The molecule has 0 radical (unpaired) electrons. The summed E-state index contributed by atoms with van der Waals surface area (Å²) in [7, 11) is -2.29. The van der Waals surface area contributed by atoms with E-state index in [4.69, 9.17) is 27.9 Å². The molecule has 0 spiro atoms. The standard InChI is InChI=1S/C17H17Cl2NO4S/c1-3-24-17(21)12-7-9-14(10-8-12)25(22,23)20(2)11-13-5-4-6-15(18)16(13)19/h4-10H,3,11H2,1-2H3. The summed E-state index contributed by atoms with van der Waals surface area (Å²) in [6.45, 7) is 2.02. The van der Waals surface area contributed by atoms with Crippen LogP contribution in [-0.4, -0.2) is 32.3 Å². The number of hydrogen-bond acceptors (Lipinski definition) is 4. The largest absolute Gasteiger partial charge is 0.462 e. The lowest BCUT2D eigenvalue weighted by Crippen LogP contribution is -2.26. The Labute approximate surface area is 157 Å². The zero-order valence-corrected chi connectivity index (χ0v) is 16.0. The average molecular weight is 402 g/mol. The predicted octanol–water partition coefficient (Wildman–Crippen LogP) is 3.99. The van der Waals surface area contributed by atoms with Crippen molar-refractivity contribution in [1.29, 1.82) is 0 Å². The first kappa shape index (κ1) is 19.7. The first-order chi connectivity index (χ1) is 11.8. The number of carbonyl (C=O) groups excluding carboxylic acids is 1. The number of hydrogen-bond donors (Lipinski definition) is 0. The summed E-state index contributed by atoms with van der Waals surface area (Å²) in [6, 6.07) is 10.6. The van der Waals surface area contributed by atoms with Gasteiger partial charge in [-0.15, -0.1) is 0 Å². The summed E-state index contributed by atoms with van der Waals surface area (Å²) in [4.78, 5) is 11.7. The van der Waals surface area contributed by atoms with E-state index >= 15 is 0 Å². The molecule has 0 unspecified atom stereocenters. The molecule has 2 rings (SSSR count). The van der Waals surface area contributed by atoms with Crippen molar-refractivity contribution in [2.45, 2.75) is 18.4 Å². The van der Waals surface area contributed by atoms with Crippen LogP contribution in [0.4, 0.5) is 0 Å². The number of esters is 1. The molecule has 0 saturated heterocycles. The molecule has 0 aliphatic carbocycles. The Morgan fingerprint density at radius 3 is 2.36 bits per heavy atom. The van der Waals surface area contributed by atoms with Crippen LogP contribution in [0.5, 0.6) is 0 Å². The van der Waals surface area contributed by atoms with Gasteiger partial charge in [0, 0.05) is 13.6 Å². The lowest BCUT2D eigenvalue weighted by atomic mass is 10.2. The van der Waals surface area contributed by atoms with Gasteiger partial charge in [0.15, 0.2) is 0 Å². The number of halogens is 2. The normalized spacial score (nSPS) is 11.6. The van der Waals surface area contributed by atoms with E-state index in [-0.39, 0.29) is 18.0 Å². The molecule has 25 heavy (non-hydrogen) atoms. The summed E-state index contributed by atoms with van der Waals surface area (Å²) in [5.41, 5.74) is 0.893. The summed E-state index contributed by atoms with van der Waals surface area (Å²) < 4.78 is 31.4. The van der Waals surface area contributed by atoms with Gasteiger partial charge in [-0.05, 0) is 42.8 Å². The van der Waals surface area contributed by atoms with Crippen molar-refractivity contribution in [3.05, 3.63) is 63.6 Å². The molecular weight excluding hydrogens is 385 g/mol. The molecule has 0 N–H and O–H groups in total. The monoisotopic (exact) mass is 401 g/mol. The number of rotatable bonds is 6. The van der Waals surface area contributed by atoms with Crippen LogP contribution in [-0.2, 0) is 21.3 Å². The zero-order chi connectivity index (χ0) is 18.6. The minimum atomic E-state index is -3.74. The molecule has 0 atom stereocenters. The molecule has 0 fully saturated rings. The van der Waals surface area contributed by atoms with Crippen LogP contribution in [0.25, 0.3) is 0 Å². The summed E-state index contributed by atoms with van der Waals surface area (Å²) in [6.07, 6.45) is 0. The van der Waals surface area contributed by atoms with Crippen LogP contribution in [0.1, 0.15) is 22.8 Å². The Bertz CT molecular complexity index is 867. The van der Waals surface area contributed by atoms with Crippen LogP contribution in [0.3, 0.4) is 0 Å². The van der Waals surface area contributed by atoms with Crippen molar-refractivity contribution < 1.29 is 17.9 Å². The number of sulfonamides is 1. The molecule has 0 amide bonds. The second-order valence-electron chi connectivity index (χ2n) is 5.22. The van der Waals surface area contributed by atoms with Gasteiger partial charge in [-0.25, -0.2) is 13.2 Å². The van der Waals surface area contributed by atoms with Crippen molar-refractivity contribution in [2.75, 3.05) is 13.7 Å². The van der Waals surface area contributed by atoms with Crippen molar-refractivity contribution in [2.24, 2.45) is 0 Å². The molecule has 0 heterocycles. The average Bonchev–Trinajstić information content (AvgIpc) is 2.59. The third-order valence-electron chi connectivity index (χ3n) is 3.50. The molecule has 0 saturated carbocycles. The second kappa shape index (κ2) is 8.19. The Kier molecular flexibility index (Phi) is 6.46. The highest BCUT2D eigenvalue weighted by Crippen LogP contribution is 2.27. The first-order valence-corrected chi connectivity index (χ1v) is 9.63. The quantitative estimate of drug-likeness (QED) is 0.686. The molecule has 0 aliphatic heterocycles. The van der Waals surface area contributed by atoms with Gasteiger partial charge in [-0.3, -0.25) is 0 Å². The smallest absolute Gasteiger partial charge is 0.338 e. The molecular formula is C17H17Cl2NO4S. The highest BCUT2D eigenvalue weighted by Gasteiger charge is 2.22. The fraction of sp³-hybridized carbons (Fsp3) is 0.235. The fourth-order valence-corrected chi connectivity index (χ4v) is 3.68. The lowest BCUT2D eigenvalue weighted by Gasteiger charge is -2.18. The van der Waals surface area contributed by atoms with Gasteiger partial charge in [0.1, 0.15) is 0 Å². The van der Waals surface area contributed by atoms with E-state index in [0.717, 1.165) is 0 Å². The highest BCUT2D eigenvalue weighted by atomic mass is 35.5. The summed E-state index contributed by atoms with van der Waals surface area (Å²) in [5, 5.41) is 0.688. The van der Waals surface area contributed by atoms with Gasteiger partial charge < -0.3 is 4.74 Å². The van der Waals surface area contributed by atoms with Gasteiger partial charge in [-0.1, -0.05) is 35.3 Å². The first-order valence-electron chi connectivity index (χ1n) is 7.43. The summed E-state index contributed by atoms with van der Waals surface area (Å²) >= 11 is 12.1. The summed E-state index contributed by atoms with van der Waals surface area (Å²) in [5.74, 6) is -0.495. The molecule has 8 heteroatoms. The molecule has 2 aromatic rings. The fourth-order valence-electron chi connectivity index (χ4n) is 2.15. The maximum absolute atomic E-state index is 12.7. The second-order valence-corrected chi connectivity index (χ2v) is 8.05. The van der Waals surface area contributed by atoms with Crippen LogP contribution in [0.15, 0.2) is 47.4 Å². The van der Waals surface area contributed by atoms with Crippen LogP contribution in [0, 0.1) is 0 Å². The topological polar surface area (TPSA) is 63.7 Å². The Morgan fingerprint density at radius 1 is 1.12 bits per heavy atom. The lowest BCUT2D eigenvalue weighted by molar-refractivity contribution is 0.0526. The van der Waals surface area contributed by atoms with E-state index in [9.17, 15) is 13.2 Å². The molecule has 0 bridgehead atoms. The maximum Gasteiger partial charge on any atom is 0.338 e. The third kappa shape index (κ3) is 4.52. The SMILES string of the molecule is CCOC(=O)c1ccc(S(=O)(=O)N(C)Cc2cccc(Cl)c2Cl)cc1. The van der Waals surface area contributed by atoms with Crippen molar-refractivity contribution >= 4 is 39.2 Å². The van der Waals surface area contributed by atoms with Gasteiger partial charge in [0.25, 0.3) is 0 Å². The Morgan fingerprint density at radius 2 is 1.76 bits per heavy atom. The van der Waals surface area contributed by atoms with Crippen molar-refractivity contribution in [3.63, 3.8) is 0 Å². The number of benzene rings is 2. The van der Waals surface area contributed by atoms with Crippen LogP contribution < -0.4 is 0 Å². The zero-order valence-electron chi connectivity index (χ0n) is 13.7. The molecule has 0 aliphatic rings. The highest BCUT2D eigenvalue weighted by molar-refractivity contribution is 7.89. The van der Waals surface area contributed by atoms with E-state index in [0.29, 0.717) is 21.2 Å². The van der Waals surface area contributed by atoms with E-state index in [2.05, 4.69) is 0 Å². The maximum atomic E-state index is 12.7. The van der Waals surface area contributed by atoms with Gasteiger partial charge in [0.2, 0.25) is 10.0 Å². The van der Waals surface area contributed by atoms with Crippen molar-refractivity contribution in [1.82, 2.24) is 4.31 Å². The number of carbonyl (C=O) groups is 1. The minimum absolute atomic E-state index is 0.0706. The van der Waals surface area contributed by atoms with Gasteiger partial charge >= 0.3 is 5.97 Å². The van der Waals surface area contributed by atoms with E-state index in [1.54, 1.807) is 25.1 Å². The van der Waals surface area contributed by atoms with Crippen molar-refractivity contribution in [3.8, 4) is 0 Å². The Balaban J connectivity index is 2.22. The number of nitrogens with zero attached hydrogens (tertiary/aromatic N) is 1. The van der Waals surface area contributed by atoms with Crippen LogP contribution in [0.2, 0.25) is 10.0 Å². The van der Waals surface area contributed by atoms with Gasteiger partial charge in [-0.2, -0.15) is 4.31 Å². The third-order valence-corrected chi connectivity index (χ3v) is 6.17. The van der Waals surface area contributed by atoms with E-state index in [1.165, 1.54) is 35.6 Å². The Hall–Kier alpha value is -1.60. The molecule has 5 nitrogen and oxygen atoms in total. The minimum Gasteiger partial charge on any atom is -0.462 e. The van der Waals surface area contributed by atoms with Crippen LogP contribution >= 0.6 is 23.2 Å². The van der Waals surface area contributed by atoms with E-state index < -0.39 is 16.0 Å². The number of ether oxygens (including phenoxy) is 1. The van der Waals surface area contributed by atoms with E-state index in [1.807, 2.05) is 0 Å². The van der Waals surface area contributed by atoms with Gasteiger partial charge in [0.05, 0.1) is 27.1 Å².